The maximum absolute atomic E-state index is 11.2. The van der Waals surface area contributed by atoms with Gasteiger partial charge in [-0.2, -0.15) is 0 Å². The van der Waals surface area contributed by atoms with Crippen molar-refractivity contribution in [3.63, 3.8) is 0 Å². The van der Waals surface area contributed by atoms with E-state index < -0.39 is 30.3 Å². The van der Waals surface area contributed by atoms with Crippen molar-refractivity contribution >= 4 is 6.16 Å². The van der Waals surface area contributed by atoms with Crippen molar-refractivity contribution in [3.8, 4) is 0 Å². The lowest BCUT2D eigenvalue weighted by Crippen LogP contribution is -2.47. The van der Waals surface area contributed by atoms with Crippen molar-refractivity contribution in [2.24, 2.45) is 0 Å². The van der Waals surface area contributed by atoms with E-state index in [2.05, 4.69) is 9.47 Å². The molecular weight excluding hydrogens is 252 g/mol. The van der Waals surface area contributed by atoms with Gasteiger partial charge in [0.05, 0.1) is 0 Å². The molecule has 0 amide bonds. The van der Waals surface area contributed by atoms with Crippen LogP contribution in [0.15, 0.2) is 0 Å². The van der Waals surface area contributed by atoms with Gasteiger partial charge >= 0.3 is 18.1 Å². The van der Waals surface area contributed by atoms with Gasteiger partial charge in [0.2, 0.25) is 0 Å². The zero-order valence-corrected chi connectivity index (χ0v) is 9.98. The van der Waals surface area contributed by atoms with Gasteiger partial charge < -0.3 is 40.1 Å². The molecule has 0 bridgehead atoms. The second kappa shape index (κ2) is 6.27. The van der Waals surface area contributed by atoms with Gasteiger partial charge in [-0.05, 0) is 12.8 Å². The molecule has 0 aliphatic carbocycles. The van der Waals surface area contributed by atoms with E-state index in [9.17, 15) is 4.79 Å². The summed E-state index contributed by atoms with van der Waals surface area (Å²) in [5.41, 5.74) is 0. The molecule has 0 aromatic heterocycles. The van der Waals surface area contributed by atoms with Gasteiger partial charge in [0.1, 0.15) is 0 Å². The minimum absolute atomic E-state index is 0.141. The van der Waals surface area contributed by atoms with Crippen LogP contribution in [-0.2, 0) is 9.47 Å². The fourth-order valence-electron chi connectivity index (χ4n) is 1.13. The first-order chi connectivity index (χ1) is 8.02. The molecule has 0 spiro atoms. The van der Waals surface area contributed by atoms with Crippen molar-refractivity contribution in [3.05, 3.63) is 0 Å². The first-order valence-corrected chi connectivity index (χ1v) is 5.23. The molecule has 6 N–H and O–H groups in total. The Balaban J connectivity index is 4.50. The zero-order chi connectivity index (χ0) is 14.6. The molecular formula is C9H18O9. The molecule has 0 saturated heterocycles. The average molecular weight is 270 g/mol. The summed E-state index contributed by atoms with van der Waals surface area (Å²) < 4.78 is 8.69. The van der Waals surface area contributed by atoms with Crippen molar-refractivity contribution < 1.29 is 44.9 Å². The van der Waals surface area contributed by atoms with Gasteiger partial charge in [0.15, 0.2) is 12.2 Å². The molecule has 0 heterocycles. The van der Waals surface area contributed by atoms with E-state index in [0.717, 1.165) is 0 Å². The van der Waals surface area contributed by atoms with E-state index in [-0.39, 0.29) is 12.8 Å². The predicted molar refractivity (Wildman–Crippen MR) is 54.5 cm³/mol. The fourth-order valence-corrected chi connectivity index (χ4v) is 1.13. The van der Waals surface area contributed by atoms with Gasteiger partial charge in [0, 0.05) is 0 Å². The minimum atomic E-state index is -3.25. The molecule has 0 aromatic carbocycles. The summed E-state index contributed by atoms with van der Waals surface area (Å²) in [6, 6.07) is 0. The average Bonchev–Trinajstić information content (AvgIpc) is 2.19. The van der Waals surface area contributed by atoms with Gasteiger partial charge in [-0.25, -0.2) is 4.79 Å². The molecule has 9 nitrogen and oxygen atoms in total. The smallest absolute Gasteiger partial charge is 0.422 e. The van der Waals surface area contributed by atoms with E-state index in [4.69, 9.17) is 30.6 Å². The van der Waals surface area contributed by atoms with Crippen LogP contribution < -0.4 is 0 Å². The number of carbonyl (C=O) groups is 1. The van der Waals surface area contributed by atoms with E-state index in [1.165, 1.54) is 13.8 Å². The lowest BCUT2D eigenvalue weighted by molar-refractivity contribution is -0.365. The van der Waals surface area contributed by atoms with E-state index in [0.29, 0.717) is 0 Å². The molecule has 0 aliphatic rings. The van der Waals surface area contributed by atoms with Gasteiger partial charge in [-0.15, -0.1) is 0 Å². The number of hydrogen-bond acceptors (Lipinski definition) is 9. The first-order valence-electron chi connectivity index (χ1n) is 5.23. The Morgan fingerprint density at radius 2 is 1.17 bits per heavy atom. The number of carbonyl (C=O) groups excluding carboxylic acids is 1. The molecule has 0 fully saturated rings. The summed E-state index contributed by atoms with van der Waals surface area (Å²) in [5.74, 6) is -6.49. The lowest BCUT2D eigenvalue weighted by atomic mass is 10.2. The van der Waals surface area contributed by atoms with Crippen molar-refractivity contribution in [1.82, 2.24) is 0 Å². The number of rotatable bonds is 6. The molecule has 2 unspecified atom stereocenters. The van der Waals surface area contributed by atoms with E-state index >= 15 is 0 Å². The van der Waals surface area contributed by atoms with Crippen LogP contribution in [0.1, 0.15) is 26.7 Å². The quantitative estimate of drug-likeness (QED) is 0.236. The van der Waals surface area contributed by atoms with Crippen LogP contribution in [0.3, 0.4) is 0 Å². The summed E-state index contributed by atoms with van der Waals surface area (Å²) in [5, 5.41) is 52.8. The molecule has 0 saturated carbocycles. The summed E-state index contributed by atoms with van der Waals surface area (Å²) in [6.07, 6.45) is -5.16. The van der Waals surface area contributed by atoms with Gasteiger partial charge in [0.25, 0.3) is 0 Å². The summed E-state index contributed by atoms with van der Waals surface area (Å²) in [7, 11) is 0. The Hall–Kier alpha value is -0.970. The van der Waals surface area contributed by atoms with Crippen molar-refractivity contribution in [2.75, 3.05) is 0 Å². The Morgan fingerprint density at radius 3 is 1.33 bits per heavy atom. The number of ether oxygens (including phenoxy) is 2. The van der Waals surface area contributed by atoms with E-state index in [1.54, 1.807) is 0 Å². The third kappa shape index (κ3) is 5.58. The molecule has 0 rings (SSSR count). The third-order valence-corrected chi connectivity index (χ3v) is 2.08. The lowest BCUT2D eigenvalue weighted by Gasteiger charge is -2.27. The van der Waals surface area contributed by atoms with Crippen LogP contribution in [0.2, 0.25) is 0 Å². The highest BCUT2D eigenvalue weighted by molar-refractivity contribution is 5.60. The normalized spacial score (nSPS) is 16.0. The highest BCUT2D eigenvalue weighted by atomic mass is 16.8. The number of hydrogen-bond donors (Lipinski definition) is 6. The fraction of sp³-hybridized carbons (Fsp3) is 0.889. The maximum Gasteiger partial charge on any atom is 0.509 e. The topological polar surface area (TPSA) is 157 Å². The monoisotopic (exact) mass is 270 g/mol. The number of aliphatic hydroxyl groups is 6. The van der Waals surface area contributed by atoms with Crippen LogP contribution in [0, 0.1) is 0 Å². The predicted octanol–water partition coefficient (Wildman–Crippen LogP) is -2.04. The second-order valence-electron chi connectivity index (χ2n) is 3.65. The van der Waals surface area contributed by atoms with Crippen molar-refractivity contribution in [2.45, 2.75) is 50.8 Å². The Kier molecular flexibility index (Phi) is 5.93. The SMILES string of the molecule is CCC(OC(=O)OC(CC)C(O)(O)O)C(O)(O)O. The summed E-state index contributed by atoms with van der Waals surface area (Å²) in [6.45, 7) is 2.78. The molecule has 18 heavy (non-hydrogen) atoms. The van der Waals surface area contributed by atoms with Gasteiger partial charge in [-0.3, -0.25) is 0 Å². The second-order valence-corrected chi connectivity index (χ2v) is 3.65. The molecule has 0 radical (unpaired) electrons. The zero-order valence-electron chi connectivity index (χ0n) is 9.98. The van der Waals surface area contributed by atoms with Crippen LogP contribution in [-0.4, -0.2) is 60.9 Å². The Morgan fingerprint density at radius 1 is 0.889 bits per heavy atom. The standard InChI is InChI=1S/C9H18O9/c1-3-5(8(11,12)13)17-7(10)18-6(4-2)9(14,15)16/h5-6,11-16H,3-4H2,1-2H3. The highest BCUT2D eigenvalue weighted by Gasteiger charge is 2.38. The minimum Gasteiger partial charge on any atom is -0.422 e. The summed E-state index contributed by atoms with van der Waals surface area (Å²) >= 11 is 0. The van der Waals surface area contributed by atoms with Gasteiger partial charge in [-0.1, -0.05) is 13.8 Å². The molecule has 0 aliphatic heterocycles. The molecule has 0 aromatic rings. The van der Waals surface area contributed by atoms with E-state index in [1.807, 2.05) is 0 Å². The Bertz CT molecular complexity index is 238. The third-order valence-electron chi connectivity index (χ3n) is 2.08. The maximum atomic E-state index is 11.2. The van der Waals surface area contributed by atoms with Crippen LogP contribution in [0.5, 0.6) is 0 Å². The first kappa shape index (κ1) is 17.0. The van der Waals surface area contributed by atoms with Crippen LogP contribution >= 0.6 is 0 Å². The van der Waals surface area contributed by atoms with Crippen molar-refractivity contribution in [1.29, 1.82) is 0 Å². The highest BCUT2D eigenvalue weighted by Crippen LogP contribution is 2.16. The van der Waals surface area contributed by atoms with Crippen LogP contribution in [0.25, 0.3) is 0 Å². The molecule has 2 atom stereocenters. The largest absolute Gasteiger partial charge is 0.509 e. The molecule has 9 heteroatoms. The molecule has 108 valence electrons. The summed E-state index contributed by atoms with van der Waals surface area (Å²) in [4.78, 5) is 11.2. The van der Waals surface area contributed by atoms with Crippen LogP contribution in [0.4, 0.5) is 4.79 Å². The Labute approximate surface area is 103 Å².